The van der Waals surface area contributed by atoms with Crippen LogP contribution in [0.3, 0.4) is 0 Å². The van der Waals surface area contributed by atoms with Crippen LogP contribution in [0.5, 0.6) is 0 Å². The lowest BCUT2D eigenvalue weighted by Crippen LogP contribution is -2.26. The molecule has 0 aliphatic rings. The summed E-state index contributed by atoms with van der Waals surface area (Å²) in [6.07, 6.45) is 5.43. The third kappa shape index (κ3) is 2.76. The molecule has 0 fully saturated rings. The minimum absolute atomic E-state index is 0.648. The van der Waals surface area contributed by atoms with E-state index in [1.54, 1.807) is 10.9 Å². The molecule has 2 aromatic rings. The SMILES string of the molecule is Brc1cnc([N-][n+]2ccccc2)c(Br)c1. The van der Waals surface area contributed by atoms with Crippen molar-refractivity contribution in [3.05, 3.63) is 57.2 Å². The van der Waals surface area contributed by atoms with E-state index in [2.05, 4.69) is 42.3 Å². The second kappa shape index (κ2) is 4.72. The Bertz CT molecular complexity index is 459. The molecular weight excluding hydrogens is 322 g/mol. The first-order chi connectivity index (χ1) is 7.25. The standard InChI is InChI=1S/C10H7Br2N3/c11-8-6-9(12)10(13-7-8)14-15-4-2-1-3-5-15/h1-7H. The second-order valence-electron chi connectivity index (χ2n) is 2.81. The lowest BCUT2D eigenvalue weighted by atomic mass is 10.5. The highest BCUT2D eigenvalue weighted by Gasteiger charge is 1.98. The number of hydrogen-bond acceptors (Lipinski definition) is 1. The Kier molecular flexibility index (Phi) is 3.33. The molecule has 2 rings (SSSR count). The zero-order valence-electron chi connectivity index (χ0n) is 7.64. The molecule has 0 aliphatic heterocycles. The summed E-state index contributed by atoms with van der Waals surface area (Å²) >= 11 is 6.75. The molecule has 15 heavy (non-hydrogen) atoms. The van der Waals surface area contributed by atoms with E-state index in [0.29, 0.717) is 5.82 Å². The molecule has 76 valence electrons. The maximum Gasteiger partial charge on any atom is 0.182 e. The van der Waals surface area contributed by atoms with Crippen LogP contribution in [0.4, 0.5) is 5.82 Å². The van der Waals surface area contributed by atoms with Crippen LogP contribution < -0.4 is 4.68 Å². The minimum atomic E-state index is 0.648. The summed E-state index contributed by atoms with van der Waals surface area (Å²) in [7, 11) is 0. The quantitative estimate of drug-likeness (QED) is 0.778. The fourth-order valence-electron chi connectivity index (χ4n) is 1.05. The van der Waals surface area contributed by atoms with E-state index in [9.17, 15) is 0 Å². The zero-order valence-corrected chi connectivity index (χ0v) is 10.8. The highest BCUT2D eigenvalue weighted by molar-refractivity contribution is 9.11. The van der Waals surface area contributed by atoms with Gasteiger partial charge in [-0.2, -0.15) is 10.1 Å². The largest absolute Gasteiger partial charge is 0.436 e. The van der Waals surface area contributed by atoms with Gasteiger partial charge in [0.15, 0.2) is 12.4 Å². The molecule has 0 unspecified atom stereocenters. The van der Waals surface area contributed by atoms with Gasteiger partial charge in [-0.25, -0.2) is 0 Å². The van der Waals surface area contributed by atoms with E-state index in [4.69, 9.17) is 0 Å². The minimum Gasteiger partial charge on any atom is -0.436 e. The molecule has 0 saturated heterocycles. The van der Waals surface area contributed by atoms with E-state index >= 15 is 0 Å². The number of hydrogen-bond donors (Lipinski definition) is 0. The van der Waals surface area contributed by atoms with Crippen molar-refractivity contribution in [3.63, 3.8) is 0 Å². The topological polar surface area (TPSA) is 30.9 Å². The molecule has 0 spiro atoms. The van der Waals surface area contributed by atoms with Crippen molar-refractivity contribution in [1.29, 1.82) is 0 Å². The number of halogens is 2. The van der Waals surface area contributed by atoms with Crippen molar-refractivity contribution in [2.24, 2.45) is 0 Å². The Morgan fingerprint density at radius 2 is 1.87 bits per heavy atom. The van der Waals surface area contributed by atoms with Gasteiger partial charge in [-0.3, -0.25) is 0 Å². The van der Waals surface area contributed by atoms with Crippen molar-refractivity contribution >= 4 is 37.7 Å². The molecule has 0 N–H and O–H groups in total. The summed E-state index contributed by atoms with van der Waals surface area (Å²) in [5.74, 6) is 0.648. The van der Waals surface area contributed by atoms with E-state index in [0.717, 1.165) is 8.95 Å². The molecule has 0 saturated carbocycles. The van der Waals surface area contributed by atoms with Crippen molar-refractivity contribution in [2.45, 2.75) is 0 Å². The Morgan fingerprint density at radius 3 is 2.53 bits per heavy atom. The van der Waals surface area contributed by atoms with E-state index in [-0.39, 0.29) is 0 Å². The molecule has 0 aromatic carbocycles. The number of nitrogens with zero attached hydrogens (tertiary/aromatic N) is 3. The summed E-state index contributed by atoms with van der Waals surface area (Å²) in [6.45, 7) is 0. The van der Waals surface area contributed by atoms with Crippen LogP contribution >= 0.6 is 31.9 Å². The monoisotopic (exact) mass is 327 g/mol. The van der Waals surface area contributed by atoms with Crippen LogP contribution in [0.25, 0.3) is 5.43 Å². The highest BCUT2D eigenvalue weighted by atomic mass is 79.9. The zero-order chi connectivity index (χ0) is 10.7. The van der Waals surface area contributed by atoms with Crippen molar-refractivity contribution < 1.29 is 4.68 Å². The first-order valence-electron chi connectivity index (χ1n) is 4.25. The van der Waals surface area contributed by atoms with Crippen molar-refractivity contribution in [1.82, 2.24) is 4.98 Å². The lowest BCUT2D eigenvalue weighted by molar-refractivity contribution is -0.619. The molecule has 3 nitrogen and oxygen atoms in total. The Labute approximate surface area is 104 Å². The predicted molar refractivity (Wildman–Crippen MR) is 64.7 cm³/mol. The van der Waals surface area contributed by atoms with Crippen LogP contribution in [0.1, 0.15) is 0 Å². The number of aromatic nitrogens is 2. The summed E-state index contributed by atoms with van der Waals surface area (Å²) in [5, 5.41) is 0. The van der Waals surface area contributed by atoms with E-state index < -0.39 is 0 Å². The molecule has 5 heteroatoms. The predicted octanol–water partition coefficient (Wildman–Crippen LogP) is 3.36. The third-order valence-electron chi connectivity index (χ3n) is 1.70. The van der Waals surface area contributed by atoms with Gasteiger partial charge in [-0.15, -0.1) is 0 Å². The van der Waals surface area contributed by atoms with Gasteiger partial charge >= 0.3 is 0 Å². The van der Waals surface area contributed by atoms with Gasteiger partial charge in [-0.05, 0) is 6.07 Å². The molecule has 0 bridgehead atoms. The molecule has 2 aromatic heterocycles. The maximum absolute atomic E-state index is 4.32. The van der Waals surface area contributed by atoms with Crippen LogP contribution in [-0.2, 0) is 0 Å². The Hall–Kier alpha value is -0.940. The summed E-state index contributed by atoms with van der Waals surface area (Å²) < 4.78 is 3.49. The van der Waals surface area contributed by atoms with Gasteiger partial charge in [0.2, 0.25) is 0 Å². The summed E-state index contributed by atoms with van der Waals surface area (Å²) in [5.41, 5.74) is 4.32. The number of rotatable bonds is 2. The van der Waals surface area contributed by atoms with E-state index in [1.165, 1.54) is 0 Å². The smallest absolute Gasteiger partial charge is 0.182 e. The van der Waals surface area contributed by atoms with Gasteiger partial charge in [0.25, 0.3) is 0 Å². The average molecular weight is 329 g/mol. The third-order valence-corrected chi connectivity index (χ3v) is 2.72. The fraction of sp³-hybridized carbons (Fsp3) is 0. The molecular formula is C10H7Br2N3. The van der Waals surface area contributed by atoms with Crippen LogP contribution in [0.15, 0.2) is 51.8 Å². The first-order valence-corrected chi connectivity index (χ1v) is 5.84. The van der Waals surface area contributed by atoms with Crippen LogP contribution in [0.2, 0.25) is 0 Å². The van der Waals surface area contributed by atoms with Gasteiger partial charge in [0.1, 0.15) is 0 Å². The molecule has 2 heterocycles. The summed E-state index contributed by atoms with van der Waals surface area (Å²) in [6, 6.07) is 7.68. The number of pyridine rings is 2. The normalized spacial score (nSPS) is 10.0. The first kappa shape index (κ1) is 10.6. The average Bonchev–Trinajstić information content (AvgIpc) is 2.24. The van der Waals surface area contributed by atoms with Crippen LogP contribution in [0, 0.1) is 0 Å². The maximum atomic E-state index is 4.32. The van der Waals surface area contributed by atoms with Crippen molar-refractivity contribution in [2.75, 3.05) is 0 Å². The van der Waals surface area contributed by atoms with Gasteiger partial charge in [-0.1, -0.05) is 44.1 Å². The van der Waals surface area contributed by atoms with Gasteiger partial charge in [0, 0.05) is 26.9 Å². The highest BCUT2D eigenvalue weighted by Crippen LogP contribution is 2.27. The summed E-state index contributed by atoms with van der Waals surface area (Å²) in [4.78, 5) is 4.19. The molecule has 0 aliphatic carbocycles. The molecule has 0 radical (unpaired) electrons. The van der Waals surface area contributed by atoms with E-state index in [1.807, 2.05) is 36.7 Å². The van der Waals surface area contributed by atoms with Gasteiger partial charge in [0.05, 0.1) is 0 Å². The van der Waals surface area contributed by atoms with Crippen molar-refractivity contribution in [3.8, 4) is 0 Å². The van der Waals surface area contributed by atoms with Gasteiger partial charge < -0.3 is 4.98 Å². The second-order valence-corrected chi connectivity index (χ2v) is 4.58. The molecule has 0 amide bonds. The molecule has 0 atom stereocenters. The Morgan fingerprint density at radius 1 is 1.13 bits per heavy atom. The fourth-order valence-corrected chi connectivity index (χ4v) is 2.11. The van der Waals surface area contributed by atoms with Crippen LogP contribution in [-0.4, -0.2) is 4.98 Å². The Balaban J connectivity index is 2.25. The lowest BCUT2D eigenvalue weighted by Gasteiger charge is -2.10.